The van der Waals surface area contributed by atoms with Crippen LogP contribution in [0, 0.1) is 0 Å². The molecule has 0 bridgehead atoms. The van der Waals surface area contributed by atoms with Gasteiger partial charge in [0.15, 0.2) is 0 Å². The van der Waals surface area contributed by atoms with Gasteiger partial charge in [-0.15, -0.1) is 23.1 Å². The fourth-order valence-electron chi connectivity index (χ4n) is 2.60. The maximum atomic E-state index is 2.14. The maximum absolute atomic E-state index is 2.14. The molecule has 134 valence electrons. The molecule has 27 heavy (non-hydrogen) atoms. The number of benzene rings is 4. The van der Waals surface area contributed by atoms with E-state index in [1.165, 1.54) is 25.8 Å². The molecule has 4 aromatic carbocycles. The van der Waals surface area contributed by atoms with Crippen molar-refractivity contribution in [2.45, 2.75) is 4.90 Å². The van der Waals surface area contributed by atoms with Crippen LogP contribution in [0.25, 0.3) is 20.9 Å². The summed E-state index contributed by atoms with van der Waals surface area (Å²) in [6.07, 6.45) is 2.08. The quantitative estimate of drug-likeness (QED) is 0.262. The first-order chi connectivity index (χ1) is 13.4. The second kappa shape index (κ2) is 10.6. The van der Waals surface area contributed by atoms with Crippen molar-refractivity contribution in [3.05, 3.63) is 115 Å². The lowest BCUT2D eigenvalue weighted by Crippen LogP contribution is -1.67. The molecular weight excluding hydrogens is 364 g/mol. The van der Waals surface area contributed by atoms with Crippen LogP contribution in [-0.4, -0.2) is 6.26 Å². The zero-order chi connectivity index (χ0) is 18.7. The Morgan fingerprint density at radius 1 is 0.519 bits per heavy atom. The van der Waals surface area contributed by atoms with Gasteiger partial charge >= 0.3 is 0 Å². The third-order valence-corrected chi connectivity index (χ3v) is 5.64. The van der Waals surface area contributed by atoms with Crippen LogP contribution < -0.4 is 0 Å². The molecule has 5 aromatic rings. The van der Waals surface area contributed by atoms with E-state index in [2.05, 4.69) is 103 Å². The minimum absolute atomic E-state index is 1.31. The predicted octanol–water partition coefficient (Wildman–Crippen LogP) is 8.15. The molecule has 0 radical (unpaired) electrons. The Hall–Kier alpha value is -2.55. The summed E-state index contributed by atoms with van der Waals surface area (Å²) in [6.45, 7) is 0. The van der Waals surface area contributed by atoms with Crippen LogP contribution in [0.1, 0.15) is 0 Å². The van der Waals surface area contributed by atoms with Gasteiger partial charge < -0.3 is 0 Å². The summed E-state index contributed by atoms with van der Waals surface area (Å²) in [4.78, 5) is 1.33. The van der Waals surface area contributed by atoms with E-state index < -0.39 is 0 Å². The Morgan fingerprint density at radius 2 is 1.00 bits per heavy atom. The van der Waals surface area contributed by atoms with Crippen molar-refractivity contribution in [1.82, 2.24) is 0 Å². The smallest absolute Gasteiger partial charge is 0.0342 e. The summed E-state index contributed by atoms with van der Waals surface area (Å²) >= 11 is 3.56. The van der Waals surface area contributed by atoms with Gasteiger partial charge in [-0.05, 0) is 52.1 Å². The zero-order valence-corrected chi connectivity index (χ0v) is 16.9. The molecule has 1 heterocycles. The third kappa shape index (κ3) is 5.99. The van der Waals surface area contributed by atoms with Gasteiger partial charge in [0.2, 0.25) is 0 Å². The molecule has 0 atom stereocenters. The SMILES string of the molecule is CSc1ccccc1.c1ccc2ccccc2c1.c1ccc2sccc2c1. The highest BCUT2D eigenvalue weighted by atomic mass is 32.2. The molecule has 0 aliphatic rings. The van der Waals surface area contributed by atoms with Gasteiger partial charge in [-0.1, -0.05) is 84.9 Å². The molecule has 0 spiro atoms. The lowest BCUT2D eigenvalue weighted by atomic mass is 10.1. The number of hydrogen-bond acceptors (Lipinski definition) is 2. The molecule has 0 N–H and O–H groups in total. The van der Waals surface area contributed by atoms with Crippen molar-refractivity contribution >= 4 is 44.0 Å². The molecule has 0 nitrogen and oxygen atoms in total. The summed E-state index contributed by atoms with van der Waals surface area (Å²) in [6, 6.07) is 37.6. The number of rotatable bonds is 1. The van der Waals surface area contributed by atoms with E-state index in [0.29, 0.717) is 0 Å². The van der Waals surface area contributed by atoms with Gasteiger partial charge in [-0.2, -0.15) is 0 Å². The van der Waals surface area contributed by atoms with Gasteiger partial charge in [0.1, 0.15) is 0 Å². The number of thioether (sulfide) groups is 1. The fourth-order valence-corrected chi connectivity index (χ4v) is 3.82. The van der Waals surface area contributed by atoms with Crippen LogP contribution >= 0.6 is 23.1 Å². The molecule has 5 rings (SSSR count). The molecule has 2 heteroatoms. The zero-order valence-electron chi connectivity index (χ0n) is 15.3. The molecule has 0 fully saturated rings. The summed E-state index contributed by atoms with van der Waals surface area (Å²) in [7, 11) is 0. The van der Waals surface area contributed by atoms with Crippen LogP contribution in [0.3, 0.4) is 0 Å². The summed E-state index contributed by atoms with van der Waals surface area (Å²) in [5.41, 5.74) is 0. The summed E-state index contributed by atoms with van der Waals surface area (Å²) in [5.74, 6) is 0. The normalized spacial score (nSPS) is 9.81. The van der Waals surface area contributed by atoms with Crippen LogP contribution in [0.2, 0.25) is 0 Å². The first kappa shape index (κ1) is 19.2. The molecule has 0 unspecified atom stereocenters. The number of thiophene rings is 1. The van der Waals surface area contributed by atoms with E-state index in [0.717, 1.165) is 0 Å². The lowest BCUT2D eigenvalue weighted by molar-refractivity contribution is 1.47. The van der Waals surface area contributed by atoms with Crippen molar-refractivity contribution < 1.29 is 0 Å². The van der Waals surface area contributed by atoms with Gasteiger partial charge in [-0.25, -0.2) is 0 Å². The highest BCUT2D eigenvalue weighted by molar-refractivity contribution is 7.98. The van der Waals surface area contributed by atoms with E-state index in [1.807, 2.05) is 18.2 Å². The maximum Gasteiger partial charge on any atom is 0.0342 e. The van der Waals surface area contributed by atoms with Crippen LogP contribution in [0.15, 0.2) is 119 Å². The Bertz CT molecular complexity index is 969. The molecule has 0 saturated carbocycles. The topological polar surface area (TPSA) is 0 Å². The standard InChI is InChI=1S/C10H8.C8H6S.C7H8S/c1-2-6-10-8-4-3-7-9(10)5-1;1-2-4-8-7(3-1)5-6-9-8;1-8-7-5-3-2-4-6-7/h1-8H;1-6H;2-6H,1H3. The van der Waals surface area contributed by atoms with Crippen LogP contribution in [0.5, 0.6) is 0 Å². The van der Waals surface area contributed by atoms with Crippen molar-refractivity contribution in [2.24, 2.45) is 0 Å². The van der Waals surface area contributed by atoms with Gasteiger partial charge in [0, 0.05) is 9.60 Å². The Balaban J connectivity index is 0.000000118. The first-order valence-electron chi connectivity index (χ1n) is 8.82. The average molecular weight is 387 g/mol. The van der Waals surface area contributed by atoms with Gasteiger partial charge in [-0.3, -0.25) is 0 Å². The highest BCUT2D eigenvalue weighted by Crippen LogP contribution is 2.18. The second-order valence-electron chi connectivity index (χ2n) is 5.82. The molecule has 0 aliphatic carbocycles. The minimum Gasteiger partial charge on any atom is -0.144 e. The third-order valence-electron chi connectivity index (χ3n) is 4.00. The molecule has 0 amide bonds. The second-order valence-corrected chi connectivity index (χ2v) is 7.65. The summed E-state index contributed by atoms with van der Waals surface area (Å²) < 4.78 is 1.37. The largest absolute Gasteiger partial charge is 0.144 e. The first-order valence-corrected chi connectivity index (χ1v) is 10.9. The van der Waals surface area contributed by atoms with E-state index in [-0.39, 0.29) is 0 Å². The van der Waals surface area contributed by atoms with E-state index in [1.54, 1.807) is 23.1 Å². The van der Waals surface area contributed by atoms with Crippen molar-refractivity contribution in [1.29, 1.82) is 0 Å². The number of hydrogen-bond donors (Lipinski definition) is 0. The van der Waals surface area contributed by atoms with Crippen LogP contribution in [-0.2, 0) is 0 Å². The lowest BCUT2D eigenvalue weighted by Gasteiger charge is -1.92. The van der Waals surface area contributed by atoms with Crippen molar-refractivity contribution in [3.8, 4) is 0 Å². The van der Waals surface area contributed by atoms with Gasteiger partial charge in [0.05, 0.1) is 0 Å². The van der Waals surface area contributed by atoms with Gasteiger partial charge in [0.25, 0.3) is 0 Å². The number of fused-ring (bicyclic) bond motifs is 2. The molecular formula is C25H22S2. The minimum atomic E-state index is 1.31. The monoisotopic (exact) mass is 386 g/mol. The predicted molar refractivity (Wildman–Crippen MR) is 124 cm³/mol. The van der Waals surface area contributed by atoms with E-state index in [4.69, 9.17) is 0 Å². The Labute approximate surface area is 169 Å². The Morgan fingerprint density at radius 3 is 1.48 bits per heavy atom. The van der Waals surface area contributed by atoms with Crippen molar-refractivity contribution in [3.63, 3.8) is 0 Å². The van der Waals surface area contributed by atoms with Crippen molar-refractivity contribution in [2.75, 3.05) is 6.26 Å². The molecule has 0 aliphatic heterocycles. The van der Waals surface area contributed by atoms with E-state index in [9.17, 15) is 0 Å². The molecule has 1 aromatic heterocycles. The summed E-state index contributed by atoms with van der Waals surface area (Å²) in [5, 5.41) is 6.09. The van der Waals surface area contributed by atoms with E-state index >= 15 is 0 Å². The van der Waals surface area contributed by atoms with Crippen LogP contribution in [0.4, 0.5) is 0 Å². The Kier molecular flexibility index (Phi) is 7.52. The highest BCUT2D eigenvalue weighted by Gasteiger charge is 1.88. The fraction of sp³-hybridized carbons (Fsp3) is 0.0400. The average Bonchev–Trinajstić information content (AvgIpc) is 3.24. The molecule has 0 saturated heterocycles.